The van der Waals surface area contributed by atoms with E-state index in [9.17, 15) is 13.2 Å². The van der Waals surface area contributed by atoms with Crippen molar-refractivity contribution < 1.29 is 13.2 Å². The van der Waals surface area contributed by atoms with Gasteiger partial charge in [0.1, 0.15) is 9.84 Å². The Labute approximate surface area is 96.1 Å². The zero-order valence-electron chi connectivity index (χ0n) is 9.31. The molecule has 1 amide bonds. The fourth-order valence-corrected chi connectivity index (χ4v) is 3.77. The number of hydrogen-bond acceptors (Lipinski definition) is 4. The molecule has 5 nitrogen and oxygen atoms in total. The molecular weight excluding hydrogens is 228 g/mol. The summed E-state index contributed by atoms with van der Waals surface area (Å²) in [6, 6.07) is 0. The van der Waals surface area contributed by atoms with Crippen LogP contribution in [0.25, 0.3) is 0 Å². The van der Waals surface area contributed by atoms with Gasteiger partial charge >= 0.3 is 0 Å². The van der Waals surface area contributed by atoms with Crippen LogP contribution in [0.1, 0.15) is 12.8 Å². The molecule has 92 valence electrons. The summed E-state index contributed by atoms with van der Waals surface area (Å²) >= 11 is 0. The van der Waals surface area contributed by atoms with Crippen molar-refractivity contribution in [2.24, 2.45) is 5.92 Å². The Bertz CT molecular complexity index is 346. The highest BCUT2D eigenvalue weighted by Gasteiger charge is 2.31. The van der Waals surface area contributed by atoms with Crippen LogP contribution in [0.3, 0.4) is 0 Å². The molecular formula is C10H18N2O3S. The van der Waals surface area contributed by atoms with Gasteiger partial charge < -0.3 is 10.2 Å². The molecule has 2 saturated heterocycles. The van der Waals surface area contributed by atoms with Gasteiger partial charge in [0, 0.05) is 32.1 Å². The van der Waals surface area contributed by atoms with Gasteiger partial charge in [0.05, 0.1) is 11.5 Å². The van der Waals surface area contributed by atoms with Crippen LogP contribution in [0.15, 0.2) is 0 Å². The first kappa shape index (κ1) is 11.9. The minimum Gasteiger partial charge on any atom is -0.340 e. The number of hydrogen-bond donors (Lipinski definition) is 1. The molecule has 0 saturated carbocycles. The fourth-order valence-electron chi connectivity index (χ4n) is 2.28. The predicted octanol–water partition coefficient (Wildman–Crippen LogP) is -0.757. The van der Waals surface area contributed by atoms with Gasteiger partial charge in [0.15, 0.2) is 0 Å². The number of carbonyl (C=O) groups is 1. The van der Waals surface area contributed by atoms with Crippen molar-refractivity contribution in [1.29, 1.82) is 0 Å². The van der Waals surface area contributed by atoms with Crippen LogP contribution < -0.4 is 5.32 Å². The third-order valence-electron chi connectivity index (χ3n) is 3.33. The third kappa shape index (κ3) is 2.74. The van der Waals surface area contributed by atoms with Crippen molar-refractivity contribution in [1.82, 2.24) is 10.2 Å². The summed E-state index contributed by atoms with van der Waals surface area (Å²) in [5.41, 5.74) is 0. The topological polar surface area (TPSA) is 66.5 Å². The smallest absolute Gasteiger partial charge is 0.225 e. The fraction of sp³-hybridized carbons (Fsp3) is 0.900. The van der Waals surface area contributed by atoms with E-state index in [-0.39, 0.29) is 23.3 Å². The van der Waals surface area contributed by atoms with Gasteiger partial charge in [-0.15, -0.1) is 0 Å². The van der Waals surface area contributed by atoms with Crippen LogP contribution >= 0.6 is 0 Å². The first-order valence-corrected chi connectivity index (χ1v) is 7.60. The van der Waals surface area contributed by atoms with Gasteiger partial charge in [-0.2, -0.15) is 0 Å². The SMILES string of the molecule is O=C(C1CCS(=O)(=O)CC1)N1CCNCC1. The van der Waals surface area contributed by atoms with Crippen molar-refractivity contribution in [3.8, 4) is 0 Å². The average Bonchev–Trinajstić information content (AvgIpc) is 2.29. The maximum Gasteiger partial charge on any atom is 0.225 e. The monoisotopic (exact) mass is 246 g/mol. The number of amides is 1. The van der Waals surface area contributed by atoms with Crippen molar-refractivity contribution in [2.45, 2.75) is 12.8 Å². The second-order valence-corrected chi connectivity index (χ2v) is 6.81. The molecule has 16 heavy (non-hydrogen) atoms. The maximum atomic E-state index is 12.1. The average molecular weight is 246 g/mol. The molecule has 2 rings (SSSR count). The molecule has 0 aromatic rings. The van der Waals surface area contributed by atoms with Gasteiger partial charge in [-0.3, -0.25) is 4.79 Å². The van der Waals surface area contributed by atoms with Crippen molar-refractivity contribution >= 4 is 15.7 Å². The summed E-state index contributed by atoms with van der Waals surface area (Å²) in [5.74, 6) is 0.434. The summed E-state index contributed by atoms with van der Waals surface area (Å²) in [6.07, 6.45) is 1.01. The Hall–Kier alpha value is -0.620. The van der Waals surface area contributed by atoms with E-state index in [0.717, 1.165) is 26.2 Å². The third-order valence-corrected chi connectivity index (χ3v) is 5.05. The Balaban J connectivity index is 1.90. The first-order valence-electron chi connectivity index (χ1n) is 5.78. The standard InChI is InChI=1S/C10H18N2O3S/c13-10(12-5-3-11-4-6-12)9-1-7-16(14,15)8-2-9/h9,11H,1-8H2. The Morgan fingerprint density at radius 3 is 2.25 bits per heavy atom. The minimum absolute atomic E-state index is 0.0679. The molecule has 2 fully saturated rings. The molecule has 2 aliphatic heterocycles. The molecule has 0 aromatic carbocycles. The van der Waals surface area contributed by atoms with Crippen LogP contribution in [0.5, 0.6) is 0 Å². The highest BCUT2D eigenvalue weighted by molar-refractivity contribution is 7.91. The van der Waals surface area contributed by atoms with Crippen molar-refractivity contribution in [2.75, 3.05) is 37.7 Å². The summed E-state index contributed by atoms with van der Waals surface area (Å²) in [6.45, 7) is 3.19. The second kappa shape index (κ2) is 4.71. The molecule has 0 aromatic heterocycles. The van der Waals surface area contributed by atoms with E-state index in [4.69, 9.17) is 0 Å². The van der Waals surface area contributed by atoms with Crippen LogP contribution in [0.2, 0.25) is 0 Å². The molecule has 0 spiro atoms. The summed E-state index contributed by atoms with van der Waals surface area (Å²) in [4.78, 5) is 13.9. The van der Waals surface area contributed by atoms with E-state index in [1.54, 1.807) is 0 Å². The predicted molar refractivity (Wildman–Crippen MR) is 60.8 cm³/mol. The molecule has 1 N–H and O–H groups in total. The Morgan fingerprint density at radius 2 is 1.69 bits per heavy atom. The maximum absolute atomic E-state index is 12.1. The van der Waals surface area contributed by atoms with E-state index >= 15 is 0 Å². The zero-order valence-corrected chi connectivity index (χ0v) is 10.1. The number of carbonyl (C=O) groups excluding carboxylic acids is 1. The number of nitrogens with one attached hydrogen (secondary N) is 1. The van der Waals surface area contributed by atoms with Crippen molar-refractivity contribution in [3.05, 3.63) is 0 Å². The normalized spacial score (nSPS) is 26.6. The molecule has 0 atom stereocenters. The lowest BCUT2D eigenvalue weighted by molar-refractivity contribution is -0.136. The van der Waals surface area contributed by atoms with Gasteiger partial charge in [-0.25, -0.2) is 8.42 Å². The van der Waals surface area contributed by atoms with Gasteiger partial charge in [0.25, 0.3) is 0 Å². The van der Waals surface area contributed by atoms with Crippen LogP contribution in [0.4, 0.5) is 0 Å². The number of piperazine rings is 1. The van der Waals surface area contributed by atoms with Crippen LogP contribution in [-0.2, 0) is 14.6 Å². The van der Waals surface area contributed by atoms with E-state index in [1.165, 1.54) is 0 Å². The minimum atomic E-state index is -2.86. The first-order chi connectivity index (χ1) is 7.58. The van der Waals surface area contributed by atoms with E-state index in [1.807, 2.05) is 4.90 Å². The lowest BCUT2D eigenvalue weighted by Crippen LogP contribution is -2.49. The van der Waals surface area contributed by atoms with Crippen molar-refractivity contribution in [3.63, 3.8) is 0 Å². The lowest BCUT2D eigenvalue weighted by Gasteiger charge is -2.32. The lowest BCUT2D eigenvalue weighted by atomic mass is 10.0. The number of sulfone groups is 1. The zero-order chi connectivity index (χ0) is 11.6. The summed E-state index contributed by atoms with van der Waals surface area (Å²) in [5, 5.41) is 3.20. The van der Waals surface area contributed by atoms with E-state index in [2.05, 4.69) is 5.32 Å². The quantitative estimate of drug-likeness (QED) is 0.660. The summed E-state index contributed by atoms with van der Waals surface area (Å²) < 4.78 is 22.5. The molecule has 2 aliphatic rings. The second-order valence-electron chi connectivity index (χ2n) is 4.50. The summed E-state index contributed by atoms with van der Waals surface area (Å²) in [7, 11) is -2.86. The number of rotatable bonds is 1. The molecule has 0 unspecified atom stereocenters. The van der Waals surface area contributed by atoms with Crippen LogP contribution in [-0.4, -0.2) is 56.9 Å². The highest BCUT2D eigenvalue weighted by Crippen LogP contribution is 2.21. The van der Waals surface area contributed by atoms with E-state index in [0.29, 0.717) is 12.8 Å². The molecule has 0 aliphatic carbocycles. The Kier molecular flexibility index (Phi) is 3.49. The largest absolute Gasteiger partial charge is 0.340 e. The molecule has 6 heteroatoms. The molecule has 0 radical (unpaired) electrons. The van der Waals surface area contributed by atoms with Gasteiger partial charge in [-0.1, -0.05) is 0 Å². The highest BCUT2D eigenvalue weighted by atomic mass is 32.2. The molecule has 0 bridgehead atoms. The van der Waals surface area contributed by atoms with Gasteiger partial charge in [-0.05, 0) is 12.8 Å². The van der Waals surface area contributed by atoms with E-state index < -0.39 is 9.84 Å². The molecule has 2 heterocycles. The number of nitrogens with zero attached hydrogens (tertiary/aromatic N) is 1. The van der Waals surface area contributed by atoms with Gasteiger partial charge in [0.2, 0.25) is 5.91 Å². The Morgan fingerprint density at radius 1 is 1.12 bits per heavy atom. The van der Waals surface area contributed by atoms with Crippen LogP contribution in [0, 0.1) is 5.92 Å².